The SMILES string of the molecule is CC1CCOC1C(NN)c1ccc(C2CCC2)cc1. The number of hydrogen-bond acceptors (Lipinski definition) is 3. The van der Waals surface area contributed by atoms with E-state index in [2.05, 4.69) is 36.6 Å². The van der Waals surface area contributed by atoms with Gasteiger partial charge in [0.15, 0.2) is 0 Å². The number of hydrogen-bond donors (Lipinski definition) is 2. The first-order chi connectivity index (χ1) is 9.29. The summed E-state index contributed by atoms with van der Waals surface area (Å²) in [5, 5.41) is 0. The van der Waals surface area contributed by atoms with Crippen LogP contribution >= 0.6 is 0 Å². The molecule has 3 unspecified atom stereocenters. The molecule has 1 saturated heterocycles. The van der Waals surface area contributed by atoms with E-state index in [4.69, 9.17) is 10.6 Å². The summed E-state index contributed by atoms with van der Waals surface area (Å²) in [6, 6.07) is 9.07. The molecular weight excluding hydrogens is 236 g/mol. The van der Waals surface area contributed by atoms with E-state index in [1.807, 2.05) is 0 Å². The molecule has 3 rings (SSSR count). The third kappa shape index (κ3) is 2.55. The Labute approximate surface area is 115 Å². The van der Waals surface area contributed by atoms with Crippen LogP contribution in [-0.2, 0) is 4.74 Å². The zero-order valence-corrected chi connectivity index (χ0v) is 11.6. The van der Waals surface area contributed by atoms with Crippen molar-refractivity contribution in [1.82, 2.24) is 5.43 Å². The van der Waals surface area contributed by atoms with Gasteiger partial charge in [0, 0.05) is 6.61 Å². The molecule has 3 heteroatoms. The van der Waals surface area contributed by atoms with Crippen LogP contribution in [0.2, 0.25) is 0 Å². The van der Waals surface area contributed by atoms with E-state index in [9.17, 15) is 0 Å². The summed E-state index contributed by atoms with van der Waals surface area (Å²) < 4.78 is 5.84. The van der Waals surface area contributed by atoms with Crippen LogP contribution in [0.1, 0.15) is 55.7 Å². The summed E-state index contributed by atoms with van der Waals surface area (Å²) in [5.41, 5.74) is 5.66. The molecule has 1 saturated carbocycles. The zero-order valence-electron chi connectivity index (χ0n) is 11.6. The first kappa shape index (κ1) is 13.1. The Kier molecular flexibility index (Phi) is 3.87. The number of benzene rings is 1. The van der Waals surface area contributed by atoms with Crippen molar-refractivity contribution in [3.63, 3.8) is 0 Å². The summed E-state index contributed by atoms with van der Waals surface area (Å²) in [6.07, 6.45) is 5.40. The Morgan fingerprint density at radius 1 is 1.21 bits per heavy atom. The van der Waals surface area contributed by atoms with Crippen LogP contribution in [0.3, 0.4) is 0 Å². The van der Waals surface area contributed by atoms with Crippen LogP contribution in [0.4, 0.5) is 0 Å². The number of ether oxygens (including phenoxy) is 1. The van der Waals surface area contributed by atoms with E-state index in [1.54, 1.807) is 0 Å². The van der Waals surface area contributed by atoms with Crippen LogP contribution in [0.25, 0.3) is 0 Å². The van der Waals surface area contributed by atoms with Gasteiger partial charge in [0.2, 0.25) is 0 Å². The zero-order chi connectivity index (χ0) is 13.2. The lowest BCUT2D eigenvalue weighted by Gasteiger charge is -2.28. The lowest BCUT2D eigenvalue weighted by atomic mass is 9.79. The van der Waals surface area contributed by atoms with Crippen molar-refractivity contribution < 1.29 is 4.74 Å². The molecule has 19 heavy (non-hydrogen) atoms. The van der Waals surface area contributed by atoms with E-state index in [0.29, 0.717) is 5.92 Å². The number of nitrogens with two attached hydrogens (primary N) is 1. The molecule has 3 nitrogen and oxygen atoms in total. The normalized spacial score (nSPS) is 29.2. The molecule has 1 aromatic carbocycles. The minimum absolute atomic E-state index is 0.105. The molecule has 0 bridgehead atoms. The van der Waals surface area contributed by atoms with E-state index >= 15 is 0 Å². The molecule has 0 spiro atoms. The van der Waals surface area contributed by atoms with Crippen LogP contribution in [-0.4, -0.2) is 12.7 Å². The second-order valence-corrected chi connectivity index (χ2v) is 6.04. The maximum atomic E-state index is 5.84. The van der Waals surface area contributed by atoms with E-state index in [-0.39, 0.29) is 12.1 Å². The molecule has 2 aliphatic rings. The lowest BCUT2D eigenvalue weighted by Crippen LogP contribution is -2.38. The Morgan fingerprint density at radius 3 is 2.42 bits per heavy atom. The topological polar surface area (TPSA) is 47.3 Å². The second kappa shape index (κ2) is 5.61. The van der Waals surface area contributed by atoms with Gasteiger partial charge in [0.25, 0.3) is 0 Å². The van der Waals surface area contributed by atoms with Crippen molar-refractivity contribution in [2.45, 2.75) is 50.7 Å². The monoisotopic (exact) mass is 260 g/mol. The summed E-state index contributed by atoms with van der Waals surface area (Å²) >= 11 is 0. The number of rotatable bonds is 4. The molecule has 3 N–H and O–H groups in total. The minimum Gasteiger partial charge on any atom is -0.376 e. The van der Waals surface area contributed by atoms with Gasteiger partial charge in [-0.25, -0.2) is 0 Å². The molecule has 1 aliphatic carbocycles. The molecule has 1 heterocycles. The standard InChI is InChI=1S/C16H24N2O/c1-11-9-10-19-16(11)15(18-17)14-7-5-13(6-8-14)12-3-2-4-12/h5-8,11-12,15-16,18H,2-4,9-10,17H2,1H3. The predicted molar refractivity (Wildman–Crippen MR) is 76.6 cm³/mol. The highest BCUT2D eigenvalue weighted by Crippen LogP contribution is 2.37. The first-order valence-corrected chi connectivity index (χ1v) is 7.47. The maximum absolute atomic E-state index is 5.84. The van der Waals surface area contributed by atoms with Crippen molar-refractivity contribution in [3.8, 4) is 0 Å². The molecule has 3 atom stereocenters. The van der Waals surface area contributed by atoms with Gasteiger partial charge in [-0.15, -0.1) is 0 Å². The van der Waals surface area contributed by atoms with Crippen molar-refractivity contribution in [2.75, 3.05) is 6.61 Å². The summed E-state index contributed by atoms with van der Waals surface area (Å²) in [6.45, 7) is 3.09. The highest BCUT2D eigenvalue weighted by atomic mass is 16.5. The van der Waals surface area contributed by atoms with Gasteiger partial charge >= 0.3 is 0 Å². The minimum atomic E-state index is 0.105. The van der Waals surface area contributed by atoms with Crippen molar-refractivity contribution >= 4 is 0 Å². The quantitative estimate of drug-likeness (QED) is 0.646. The van der Waals surface area contributed by atoms with Gasteiger partial charge in [-0.1, -0.05) is 37.6 Å². The van der Waals surface area contributed by atoms with Crippen LogP contribution in [0.5, 0.6) is 0 Å². The van der Waals surface area contributed by atoms with Crippen LogP contribution in [0.15, 0.2) is 24.3 Å². The van der Waals surface area contributed by atoms with E-state index in [1.165, 1.54) is 30.4 Å². The smallest absolute Gasteiger partial charge is 0.0808 e. The van der Waals surface area contributed by atoms with Gasteiger partial charge in [-0.3, -0.25) is 11.3 Å². The molecule has 104 valence electrons. The highest BCUT2D eigenvalue weighted by molar-refractivity contribution is 5.29. The number of nitrogens with one attached hydrogen (secondary N) is 1. The Hall–Kier alpha value is -0.900. The Bertz CT molecular complexity index is 413. The maximum Gasteiger partial charge on any atom is 0.0808 e. The molecule has 0 amide bonds. The van der Waals surface area contributed by atoms with E-state index < -0.39 is 0 Å². The fraction of sp³-hybridized carbons (Fsp3) is 0.625. The van der Waals surface area contributed by atoms with Gasteiger partial charge < -0.3 is 4.74 Å². The van der Waals surface area contributed by atoms with Crippen molar-refractivity contribution in [2.24, 2.45) is 11.8 Å². The van der Waals surface area contributed by atoms with Gasteiger partial charge in [0.05, 0.1) is 12.1 Å². The fourth-order valence-electron chi connectivity index (χ4n) is 3.24. The summed E-state index contributed by atoms with van der Waals surface area (Å²) in [4.78, 5) is 0. The Balaban J connectivity index is 1.75. The highest BCUT2D eigenvalue weighted by Gasteiger charge is 2.32. The van der Waals surface area contributed by atoms with Crippen molar-refractivity contribution in [3.05, 3.63) is 35.4 Å². The molecule has 1 aliphatic heterocycles. The first-order valence-electron chi connectivity index (χ1n) is 7.47. The fourth-order valence-corrected chi connectivity index (χ4v) is 3.24. The summed E-state index contributed by atoms with van der Waals surface area (Å²) in [7, 11) is 0. The molecule has 1 aromatic rings. The lowest BCUT2D eigenvalue weighted by molar-refractivity contribution is 0.0607. The average Bonchev–Trinajstić information content (AvgIpc) is 2.77. The molecule has 2 fully saturated rings. The second-order valence-electron chi connectivity index (χ2n) is 6.04. The molecular formula is C16H24N2O. The van der Waals surface area contributed by atoms with E-state index in [0.717, 1.165) is 18.9 Å². The van der Waals surface area contributed by atoms with Gasteiger partial charge in [0.1, 0.15) is 0 Å². The predicted octanol–water partition coefficient (Wildman–Crippen LogP) is 2.88. The van der Waals surface area contributed by atoms with Crippen LogP contribution < -0.4 is 11.3 Å². The van der Waals surface area contributed by atoms with Crippen molar-refractivity contribution in [1.29, 1.82) is 0 Å². The van der Waals surface area contributed by atoms with Gasteiger partial charge in [-0.2, -0.15) is 0 Å². The molecule has 0 radical (unpaired) electrons. The Morgan fingerprint density at radius 2 is 1.95 bits per heavy atom. The molecule has 0 aromatic heterocycles. The number of hydrazine groups is 1. The third-order valence-electron chi connectivity index (χ3n) is 4.82. The third-order valence-corrected chi connectivity index (χ3v) is 4.82. The summed E-state index contributed by atoms with van der Waals surface area (Å²) in [5.74, 6) is 7.11. The van der Waals surface area contributed by atoms with Crippen LogP contribution in [0, 0.1) is 5.92 Å². The average molecular weight is 260 g/mol. The largest absolute Gasteiger partial charge is 0.376 e. The van der Waals surface area contributed by atoms with Gasteiger partial charge in [-0.05, 0) is 42.2 Å².